The van der Waals surface area contributed by atoms with E-state index in [4.69, 9.17) is 16.3 Å². The minimum Gasteiger partial charge on any atom is -0.494 e. The summed E-state index contributed by atoms with van der Waals surface area (Å²) in [7, 11) is 1.56. The Kier molecular flexibility index (Phi) is 12.8. The third-order valence-electron chi connectivity index (χ3n) is 0.954. The van der Waals surface area contributed by atoms with Gasteiger partial charge in [-0.05, 0) is 6.07 Å². The smallest absolute Gasteiger partial charge is 0.155 e. The molecule has 13 heavy (non-hydrogen) atoms. The summed E-state index contributed by atoms with van der Waals surface area (Å²) in [5.74, 6) is 0.610. The SMILES string of the molecule is CC.CC.COc1cnccc1Cl. The molecule has 0 bridgehead atoms. The van der Waals surface area contributed by atoms with Crippen LogP contribution in [0.5, 0.6) is 5.75 Å². The Morgan fingerprint density at radius 2 is 1.77 bits per heavy atom. The maximum Gasteiger partial charge on any atom is 0.155 e. The van der Waals surface area contributed by atoms with E-state index in [9.17, 15) is 0 Å². The van der Waals surface area contributed by atoms with Gasteiger partial charge in [0.15, 0.2) is 5.75 Å². The van der Waals surface area contributed by atoms with Crippen molar-refractivity contribution in [3.05, 3.63) is 23.5 Å². The summed E-state index contributed by atoms with van der Waals surface area (Å²) >= 11 is 5.66. The number of pyridine rings is 1. The molecule has 0 aliphatic carbocycles. The topological polar surface area (TPSA) is 22.1 Å². The van der Waals surface area contributed by atoms with E-state index in [1.807, 2.05) is 27.7 Å². The molecule has 0 saturated carbocycles. The summed E-state index contributed by atoms with van der Waals surface area (Å²) < 4.78 is 4.85. The van der Waals surface area contributed by atoms with Crippen LogP contribution < -0.4 is 4.74 Å². The molecular weight excluding hydrogens is 186 g/mol. The van der Waals surface area contributed by atoms with Gasteiger partial charge in [0.2, 0.25) is 0 Å². The largest absolute Gasteiger partial charge is 0.494 e. The van der Waals surface area contributed by atoms with E-state index in [-0.39, 0.29) is 0 Å². The molecule has 1 rings (SSSR count). The molecule has 0 aliphatic rings. The summed E-state index contributed by atoms with van der Waals surface area (Å²) in [5.41, 5.74) is 0. The summed E-state index contributed by atoms with van der Waals surface area (Å²) in [6.45, 7) is 8.00. The molecule has 0 aromatic carbocycles. The monoisotopic (exact) mass is 203 g/mol. The number of hydrogen-bond donors (Lipinski definition) is 0. The number of rotatable bonds is 1. The minimum atomic E-state index is 0.590. The summed E-state index contributed by atoms with van der Waals surface area (Å²) in [6, 6.07) is 1.68. The third kappa shape index (κ3) is 6.41. The second-order valence-electron chi connectivity index (χ2n) is 1.51. The van der Waals surface area contributed by atoms with Crippen molar-refractivity contribution in [3.63, 3.8) is 0 Å². The van der Waals surface area contributed by atoms with Gasteiger partial charge in [0, 0.05) is 6.20 Å². The van der Waals surface area contributed by atoms with Crippen LogP contribution in [0.15, 0.2) is 18.5 Å². The lowest BCUT2D eigenvalue weighted by atomic mass is 10.5. The molecule has 0 fully saturated rings. The first-order valence-corrected chi connectivity index (χ1v) is 4.86. The number of nitrogens with zero attached hydrogens (tertiary/aromatic N) is 1. The fraction of sp³-hybridized carbons (Fsp3) is 0.500. The molecule has 0 amide bonds. The fourth-order valence-corrected chi connectivity index (χ4v) is 0.695. The normalized spacial score (nSPS) is 7.23. The van der Waals surface area contributed by atoms with Gasteiger partial charge in [0.25, 0.3) is 0 Å². The second-order valence-corrected chi connectivity index (χ2v) is 1.92. The highest BCUT2D eigenvalue weighted by atomic mass is 35.5. The standard InChI is InChI=1S/C6H6ClNO.2C2H6/c1-9-6-4-8-3-2-5(6)7;2*1-2/h2-4H,1H3;2*1-2H3. The minimum absolute atomic E-state index is 0.590. The van der Waals surface area contributed by atoms with Crippen LogP contribution in [0.1, 0.15) is 27.7 Å². The van der Waals surface area contributed by atoms with Crippen molar-refractivity contribution in [2.24, 2.45) is 0 Å². The van der Waals surface area contributed by atoms with Gasteiger partial charge in [-0.25, -0.2) is 0 Å². The van der Waals surface area contributed by atoms with Crippen LogP contribution in [0, 0.1) is 0 Å². The molecular formula is C10H18ClNO. The summed E-state index contributed by atoms with van der Waals surface area (Å²) in [4.78, 5) is 3.81. The van der Waals surface area contributed by atoms with Crippen molar-refractivity contribution in [2.45, 2.75) is 27.7 Å². The van der Waals surface area contributed by atoms with Crippen LogP contribution in [0.25, 0.3) is 0 Å². The van der Waals surface area contributed by atoms with Crippen molar-refractivity contribution in [2.75, 3.05) is 7.11 Å². The number of aromatic nitrogens is 1. The van der Waals surface area contributed by atoms with E-state index in [0.717, 1.165) is 0 Å². The quantitative estimate of drug-likeness (QED) is 0.693. The maximum absolute atomic E-state index is 5.66. The van der Waals surface area contributed by atoms with Crippen molar-refractivity contribution in [3.8, 4) is 5.75 Å². The number of halogens is 1. The van der Waals surface area contributed by atoms with Gasteiger partial charge in [0.05, 0.1) is 18.3 Å². The molecule has 2 nitrogen and oxygen atoms in total. The van der Waals surface area contributed by atoms with Crippen molar-refractivity contribution in [1.29, 1.82) is 0 Å². The molecule has 0 saturated heterocycles. The molecule has 0 aliphatic heterocycles. The van der Waals surface area contributed by atoms with Gasteiger partial charge < -0.3 is 4.74 Å². The van der Waals surface area contributed by atoms with Crippen LogP contribution in [0.3, 0.4) is 0 Å². The highest BCUT2D eigenvalue weighted by molar-refractivity contribution is 6.31. The van der Waals surface area contributed by atoms with Gasteiger partial charge in [-0.3, -0.25) is 4.98 Å². The number of hydrogen-bond acceptors (Lipinski definition) is 2. The Labute approximate surface area is 85.9 Å². The van der Waals surface area contributed by atoms with Gasteiger partial charge in [-0.1, -0.05) is 39.3 Å². The Balaban J connectivity index is 0. The van der Waals surface area contributed by atoms with Crippen molar-refractivity contribution < 1.29 is 4.74 Å². The summed E-state index contributed by atoms with van der Waals surface area (Å²) in [5, 5.41) is 0.590. The van der Waals surface area contributed by atoms with E-state index >= 15 is 0 Å². The molecule has 1 aromatic rings. The Bertz CT molecular complexity index is 204. The van der Waals surface area contributed by atoms with E-state index in [2.05, 4.69) is 4.98 Å². The van der Waals surface area contributed by atoms with E-state index in [1.165, 1.54) is 0 Å². The van der Waals surface area contributed by atoms with Gasteiger partial charge >= 0.3 is 0 Å². The lowest BCUT2D eigenvalue weighted by Gasteiger charge is -1.97. The molecule has 3 heteroatoms. The Hall–Kier alpha value is -0.760. The van der Waals surface area contributed by atoms with Crippen LogP contribution in [-0.2, 0) is 0 Å². The van der Waals surface area contributed by atoms with E-state index in [0.29, 0.717) is 10.8 Å². The average Bonchev–Trinajstić information content (AvgIpc) is 2.24. The van der Waals surface area contributed by atoms with Gasteiger partial charge in [-0.2, -0.15) is 0 Å². The maximum atomic E-state index is 5.66. The molecule has 1 heterocycles. The number of ether oxygens (including phenoxy) is 1. The predicted octanol–water partition coefficient (Wildman–Crippen LogP) is 3.80. The molecule has 0 N–H and O–H groups in total. The zero-order valence-corrected chi connectivity index (χ0v) is 9.72. The molecule has 1 aromatic heterocycles. The lowest BCUT2D eigenvalue weighted by Crippen LogP contribution is -1.83. The molecule has 0 spiro atoms. The van der Waals surface area contributed by atoms with Gasteiger partial charge in [-0.15, -0.1) is 0 Å². The molecule has 0 unspecified atom stereocenters. The first-order valence-electron chi connectivity index (χ1n) is 4.48. The Morgan fingerprint density at radius 3 is 2.08 bits per heavy atom. The predicted molar refractivity (Wildman–Crippen MR) is 58.5 cm³/mol. The Morgan fingerprint density at radius 1 is 1.23 bits per heavy atom. The van der Waals surface area contributed by atoms with Crippen molar-refractivity contribution >= 4 is 11.6 Å². The first-order chi connectivity index (χ1) is 6.34. The molecule has 76 valence electrons. The number of methoxy groups -OCH3 is 1. The first kappa shape index (κ1) is 14.7. The zero-order chi connectivity index (χ0) is 10.7. The fourth-order valence-electron chi connectivity index (χ4n) is 0.513. The van der Waals surface area contributed by atoms with Crippen LogP contribution in [0.2, 0.25) is 5.02 Å². The van der Waals surface area contributed by atoms with Crippen LogP contribution in [0.4, 0.5) is 0 Å². The van der Waals surface area contributed by atoms with E-state index in [1.54, 1.807) is 25.6 Å². The van der Waals surface area contributed by atoms with Gasteiger partial charge in [0.1, 0.15) is 0 Å². The lowest BCUT2D eigenvalue weighted by molar-refractivity contribution is 0.413. The highest BCUT2D eigenvalue weighted by Crippen LogP contribution is 2.20. The zero-order valence-electron chi connectivity index (χ0n) is 8.97. The van der Waals surface area contributed by atoms with Crippen molar-refractivity contribution in [1.82, 2.24) is 4.98 Å². The van der Waals surface area contributed by atoms with E-state index < -0.39 is 0 Å². The summed E-state index contributed by atoms with van der Waals surface area (Å²) in [6.07, 6.45) is 3.19. The second kappa shape index (κ2) is 11.2. The van der Waals surface area contributed by atoms with Crippen LogP contribution in [-0.4, -0.2) is 12.1 Å². The van der Waals surface area contributed by atoms with Crippen LogP contribution >= 0.6 is 11.6 Å². The highest BCUT2D eigenvalue weighted by Gasteiger charge is 1.94. The molecule has 0 atom stereocenters. The molecule has 0 radical (unpaired) electrons. The third-order valence-corrected chi connectivity index (χ3v) is 1.27. The average molecular weight is 204 g/mol.